The molecule has 0 aromatic carbocycles. The SMILES string of the molecule is CCN(CC1CCN(c2ccccn2)CC1)C(=O)/C=C/CN(C)C. The normalized spacial score (nSPS) is 16.1. The molecule has 1 aromatic rings. The van der Waals surface area contributed by atoms with E-state index in [1.54, 1.807) is 6.08 Å². The summed E-state index contributed by atoms with van der Waals surface area (Å²) in [5.41, 5.74) is 0. The van der Waals surface area contributed by atoms with Gasteiger partial charge in [-0.15, -0.1) is 0 Å². The highest BCUT2D eigenvalue weighted by Gasteiger charge is 2.22. The van der Waals surface area contributed by atoms with Crippen LogP contribution in [0.15, 0.2) is 36.5 Å². The third-order valence-electron chi connectivity index (χ3n) is 4.49. The Bertz CT molecular complexity index is 521. The van der Waals surface area contributed by atoms with Crippen molar-refractivity contribution >= 4 is 11.7 Å². The van der Waals surface area contributed by atoms with E-state index in [-0.39, 0.29) is 5.91 Å². The number of carbonyl (C=O) groups is 1. The van der Waals surface area contributed by atoms with Crippen LogP contribution in [0.25, 0.3) is 0 Å². The average molecular weight is 330 g/mol. The van der Waals surface area contributed by atoms with E-state index in [1.165, 1.54) is 0 Å². The molecule has 0 unspecified atom stereocenters. The molecule has 1 aliphatic heterocycles. The van der Waals surface area contributed by atoms with Crippen LogP contribution >= 0.6 is 0 Å². The summed E-state index contributed by atoms with van der Waals surface area (Å²) in [6.45, 7) is 6.52. The Balaban J connectivity index is 1.80. The van der Waals surface area contributed by atoms with Crippen LogP contribution in [-0.4, -0.2) is 67.5 Å². The minimum absolute atomic E-state index is 0.131. The molecule has 1 fully saturated rings. The molecule has 0 N–H and O–H groups in total. The Morgan fingerprint density at radius 3 is 2.67 bits per heavy atom. The van der Waals surface area contributed by atoms with Gasteiger partial charge >= 0.3 is 0 Å². The fourth-order valence-electron chi connectivity index (χ4n) is 3.04. The predicted octanol–water partition coefficient (Wildman–Crippen LogP) is 2.26. The van der Waals surface area contributed by atoms with Gasteiger partial charge in [-0.3, -0.25) is 4.79 Å². The second-order valence-electron chi connectivity index (χ2n) is 6.66. The second-order valence-corrected chi connectivity index (χ2v) is 6.66. The monoisotopic (exact) mass is 330 g/mol. The lowest BCUT2D eigenvalue weighted by atomic mass is 9.96. The van der Waals surface area contributed by atoms with E-state index >= 15 is 0 Å². The van der Waals surface area contributed by atoms with Crippen LogP contribution in [0.5, 0.6) is 0 Å². The molecule has 0 aliphatic carbocycles. The molecule has 1 aliphatic rings. The van der Waals surface area contributed by atoms with Crippen molar-refractivity contribution in [3.8, 4) is 0 Å². The van der Waals surface area contributed by atoms with Gasteiger partial charge < -0.3 is 14.7 Å². The van der Waals surface area contributed by atoms with Gasteiger partial charge in [-0.25, -0.2) is 4.98 Å². The van der Waals surface area contributed by atoms with Crippen molar-refractivity contribution in [1.29, 1.82) is 0 Å². The largest absolute Gasteiger partial charge is 0.357 e. The van der Waals surface area contributed by atoms with Crippen molar-refractivity contribution in [2.75, 3.05) is 51.7 Å². The quantitative estimate of drug-likeness (QED) is 0.719. The highest BCUT2D eigenvalue weighted by atomic mass is 16.2. The number of pyridine rings is 1. The molecule has 5 heteroatoms. The minimum atomic E-state index is 0.131. The van der Waals surface area contributed by atoms with Gasteiger partial charge in [0.05, 0.1) is 0 Å². The first-order valence-corrected chi connectivity index (χ1v) is 8.86. The van der Waals surface area contributed by atoms with E-state index in [4.69, 9.17) is 0 Å². The summed E-state index contributed by atoms with van der Waals surface area (Å²) in [5, 5.41) is 0. The Morgan fingerprint density at radius 2 is 2.08 bits per heavy atom. The molecule has 5 nitrogen and oxygen atoms in total. The van der Waals surface area contributed by atoms with E-state index in [2.05, 4.69) is 22.9 Å². The van der Waals surface area contributed by atoms with E-state index in [0.29, 0.717) is 5.92 Å². The first kappa shape index (κ1) is 18.5. The Kier molecular flexibility index (Phi) is 7.25. The Hall–Kier alpha value is -1.88. The first-order valence-electron chi connectivity index (χ1n) is 8.86. The number of rotatable bonds is 7. The molecule has 0 atom stereocenters. The lowest BCUT2D eigenvalue weighted by Gasteiger charge is -2.35. The standard InChI is InChI=1S/C19H30N4O/c1-4-22(19(24)9-7-13-21(2)3)16-17-10-14-23(15-11-17)18-8-5-6-12-20-18/h5-9,12,17H,4,10-11,13-16H2,1-3H3/b9-7+. The molecule has 1 aromatic heterocycles. The van der Waals surface area contributed by atoms with Gasteiger partial charge in [0, 0.05) is 45.0 Å². The van der Waals surface area contributed by atoms with Crippen LogP contribution in [0.2, 0.25) is 0 Å². The van der Waals surface area contributed by atoms with E-state index in [1.807, 2.05) is 48.3 Å². The van der Waals surface area contributed by atoms with E-state index in [9.17, 15) is 4.79 Å². The van der Waals surface area contributed by atoms with Crippen molar-refractivity contribution < 1.29 is 4.79 Å². The van der Waals surface area contributed by atoms with Crippen LogP contribution in [-0.2, 0) is 4.79 Å². The summed E-state index contributed by atoms with van der Waals surface area (Å²) in [5.74, 6) is 1.77. The second kappa shape index (κ2) is 9.42. The summed E-state index contributed by atoms with van der Waals surface area (Å²) in [7, 11) is 4.00. The van der Waals surface area contributed by atoms with Crippen LogP contribution in [0.4, 0.5) is 5.82 Å². The molecular formula is C19H30N4O. The molecule has 132 valence electrons. The Labute approximate surface area is 146 Å². The molecule has 0 radical (unpaired) electrons. The molecule has 0 saturated carbocycles. The van der Waals surface area contributed by atoms with Crippen LogP contribution in [0.3, 0.4) is 0 Å². The zero-order valence-corrected chi connectivity index (χ0v) is 15.2. The number of piperidine rings is 1. The molecular weight excluding hydrogens is 300 g/mol. The first-order chi connectivity index (χ1) is 11.6. The van der Waals surface area contributed by atoms with Crippen LogP contribution in [0, 0.1) is 5.92 Å². The van der Waals surface area contributed by atoms with Gasteiger partial charge in [0.1, 0.15) is 5.82 Å². The Morgan fingerprint density at radius 1 is 1.33 bits per heavy atom. The fraction of sp³-hybridized carbons (Fsp3) is 0.579. The maximum Gasteiger partial charge on any atom is 0.246 e. The topological polar surface area (TPSA) is 39.7 Å². The number of aromatic nitrogens is 1. The van der Waals surface area contributed by atoms with Crippen molar-refractivity contribution in [2.24, 2.45) is 5.92 Å². The highest BCUT2D eigenvalue weighted by molar-refractivity contribution is 5.87. The van der Waals surface area contributed by atoms with Gasteiger partial charge in [-0.05, 0) is 51.9 Å². The third kappa shape index (κ3) is 5.64. The maximum atomic E-state index is 12.3. The summed E-state index contributed by atoms with van der Waals surface area (Å²) in [6.07, 6.45) is 7.73. The molecule has 1 saturated heterocycles. The minimum Gasteiger partial charge on any atom is -0.357 e. The summed E-state index contributed by atoms with van der Waals surface area (Å²) in [4.78, 5) is 23.1. The molecule has 0 spiro atoms. The van der Waals surface area contributed by atoms with Gasteiger partial charge in [0.25, 0.3) is 0 Å². The number of nitrogens with zero attached hydrogens (tertiary/aromatic N) is 4. The number of hydrogen-bond donors (Lipinski definition) is 0. The number of amides is 1. The number of likely N-dealkylation sites (N-methyl/N-ethyl adjacent to an activating group) is 2. The number of anilines is 1. The smallest absolute Gasteiger partial charge is 0.246 e. The molecule has 2 rings (SSSR count). The van der Waals surface area contributed by atoms with Crippen molar-refractivity contribution in [2.45, 2.75) is 19.8 Å². The van der Waals surface area contributed by atoms with Gasteiger partial charge in [0.2, 0.25) is 5.91 Å². The summed E-state index contributed by atoms with van der Waals surface area (Å²) >= 11 is 0. The van der Waals surface area contributed by atoms with Gasteiger partial charge in [-0.1, -0.05) is 12.1 Å². The lowest BCUT2D eigenvalue weighted by molar-refractivity contribution is -0.126. The van der Waals surface area contributed by atoms with Crippen LogP contribution in [0.1, 0.15) is 19.8 Å². The molecule has 24 heavy (non-hydrogen) atoms. The molecule has 2 heterocycles. The summed E-state index contributed by atoms with van der Waals surface area (Å²) < 4.78 is 0. The van der Waals surface area contributed by atoms with E-state index in [0.717, 1.165) is 51.4 Å². The maximum absolute atomic E-state index is 12.3. The van der Waals surface area contributed by atoms with Gasteiger partial charge in [0.15, 0.2) is 0 Å². The third-order valence-corrected chi connectivity index (χ3v) is 4.49. The molecule has 0 bridgehead atoms. The van der Waals surface area contributed by atoms with Crippen molar-refractivity contribution in [1.82, 2.24) is 14.8 Å². The average Bonchev–Trinajstić information content (AvgIpc) is 2.60. The lowest BCUT2D eigenvalue weighted by Crippen LogP contribution is -2.40. The zero-order valence-electron chi connectivity index (χ0n) is 15.2. The van der Waals surface area contributed by atoms with E-state index < -0.39 is 0 Å². The van der Waals surface area contributed by atoms with Crippen molar-refractivity contribution in [3.05, 3.63) is 36.5 Å². The van der Waals surface area contributed by atoms with Crippen molar-refractivity contribution in [3.63, 3.8) is 0 Å². The zero-order chi connectivity index (χ0) is 17.4. The summed E-state index contributed by atoms with van der Waals surface area (Å²) in [6, 6.07) is 6.05. The fourth-order valence-corrected chi connectivity index (χ4v) is 3.04. The predicted molar refractivity (Wildman–Crippen MR) is 99.1 cm³/mol. The number of hydrogen-bond acceptors (Lipinski definition) is 4. The number of carbonyl (C=O) groups excluding carboxylic acids is 1. The van der Waals surface area contributed by atoms with Gasteiger partial charge in [-0.2, -0.15) is 0 Å². The highest BCUT2D eigenvalue weighted by Crippen LogP contribution is 2.22. The molecule has 1 amide bonds. The van der Waals surface area contributed by atoms with Crippen LogP contribution < -0.4 is 4.90 Å².